The van der Waals surface area contributed by atoms with E-state index in [0.717, 1.165) is 0 Å². The van der Waals surface area contributed by atoms with E-state index in [-0.39, 0.29) is 16.4 Å². The highest BCUT2D eigenvalue weighted by Crippen LogP contribution is 2.40. The van der Waals surface area contributed by atoms with Crippen molar-refractivity contribution >= 4 is 41.1 Å². The number of hydrogen-bond donors (Lipinski definition) is 2. The van der Waals surface area contributed by atoms with Crippen LogP contribution in [0, 0.1) is 0 Å². The van der Waals surface area contributed by atoms with E-state index in [0.29, 0.717) is 11.3 Å². The lowest BCUT2D eigenvalue weighted by Gasteiger charge is -2.49. The summed E-state index contributed by atoms with van der Waals surface area (Å²) in [6.07, 6.45) is 1.34. The van der Waals surface area contributed by atoms with Gasteiger partial charge in [-0.1, -0.05) is 11.6 Å². The van der Waals surface area contributed by atoms with Crippen molar-refractivity contribution in [2.24, 2.45) is 7.05 Å². The molecule has 1 fully saturated rings. The smallest absolute Gasteiger partial charge is 0.352 e. The number of amides is 2. The van der Waals surface area contributed by atoms with Crippen molar-refractivity contribution in [3.63, 3.8) is 0 Å². The largest absolute Gasteiger partial charge is 0.477 e. The molecule has 0 radical (unpaired) electrons. The molecule has 1 aromatic heterocycles. The van der Waals surface area contributed by atoms with Crippen LogP contribution in [0.5, 0.6) is 0 Å². The van der Waals surface area contributed by atoms with Gasteiger partial charge in [-0.15, -0.1) is 11.8 Å². The second-order valence-corrected chi connectivity index (χ2v) is 6.77. The predicted molar refractivity (Wildman–Crippen MR) is 82.9 cm³/mol. The van der Waals surface area contributed by atoms with Crippen LogP contribution in [0.15, 0.2) is 17.5 Å². The zero-order valence-electron chi connectivity index (χ0n) is 12.2. The van der Waals surface area contributed by atoms with Gasteiger partial charge >= 0.3 is 5.97 Å². The Balaban J connectivity index is 1.79. The fraction of sp³-hybridized carbons (Fsp3) is 0.385. The minimum Gasteiger partial charge on any atom is -0.477 e. The average Bonchev–Trinajstić information content (AvgIpc) is 2.83. The van der Waals surface area contributed by atoms with Gasteiger partial charge in [-0.05, 0) is 12.5 Å². The maximum absolute atomic E-state index is 12.3. The number of carboxylic acid groups (broad SMARTS) is 1. The number of thioether (sulfide) groups is 1. The molecule has 10 heteroatoms. The molecule has 122 valence electrons. The number of fused-ring (bicyclic) bond motifs is 1. The van der Waals surface area contributed by atoms with E-state index in [2.05, 4.69) is 10.4 Å². The number of aryl methyl sites for hydroxylation is 1. The Kier molecular flexibility index (Phi) is 3.85. The first kappa shape index (κ1) is 15.9. The molecular formula is C13H13ClN4O4S. The molecule has 2 aliphatic rings. The molecule has 0 spiro atoms. The zero-order valence-corrected chi connectivity index (χ0v) is 13.8. The normalized spacial score (nSPS) is 23.4. The van der Waals surface area contributed by atoms with Crippen molar-refractivity contribution < 1.29 is 19.5 Å². The number of halogens is 1. The summed E-state index contributed by atoms with van der Waals surface area (Å²) in [6, 6.07) is -0.777. The Hall–Kier alpha value is -2.00. The van der Waals surface area contributed by atoms with E-state index in [1.807, 2.05) is 0 Å². The van der Waals surface area contributed by atoms with Gasteiger partial charge < -0.3 is 10.4 Å². The van der Waals surface area contributed by atoms with Gasteiger partial charge in [0.05, 0.1) is 11.2 Å². The van der Waals surface area contributed by atoms with Crippen LogP contribution in [-0.2, 0) is 16.6 Å². The minimum absolute atomic E-state index is 0.00261. The van der Waals surface area contributed by atoms with Crippen LogP contribution in [0.25, 0.3) is 0 Å². The number of carbonyl (C=O) groups is 3. The van der Waals surface area contributed by atoms with Gasteiger partial charge in [-0.3, -0.25) is 19.2 Å². The van der Waals surface area contributed by atoms with Gasteiger partial charge in [-0.25, -0.2) is 4.79 Å². The lowest BCUT2D eigenvalue weighted by Crippen LogP contribution is -2.70. The first-order valence-electron chi connectivity index (χ1n) is 6.69. The molecule has 0 aliphatic carbocycles. The molecule has 1 saturated heterocycles. The third-order valence-electron chi connectivity index (χ3n) is 3.76. The number of carbonyl (C=O) groups excluding carboxylic acids is 2. The zero-order chi connectivity index (χ0) is 16.9. The van der Waals surface area contributed by atoms with Gasteiger partial charge in [0.25, 0.3) is 11.8 Å². The van der Waals surface area contributed by atoms with Crippen LogP contribution in [-0.4, -0.2) is 54.7 Å². The Morgan fingerprint density at radius 1 is 1.52 bits per heavy atom. The van der Waals surface area contributed by atoms with E-state index in [1.54, 1.807) is 14.0 Å². The van der Waals surface area contributed by atoms with E-state index in [1.165, 1.54) is 27.5 Å². The number of β-lactam (4-membered cyclic amide) rings is 1. The molecular weight excluding hydrogens is 344 g/mol. The molecule has 2 amide bonds. The highest BCUT2D eigenvalue weighted by Gasteiger charge is 2.53. The summed E-state index contributed by atoms with van der Waals surface area (Å²) in [5.74, 6) is -1.60. The van der Waals surface area contributed by atoms with Gasteiger partial charge in [0.1, 0.15) is 22.8 Å². The van der Waals surface area contributed by atoms with Gasteiger partial charge in [0.2, 0.25) is 0 Å². The van der Waals surface area contributed by atoms with Gasteiger partial charge in [-0.2, -0.15) is 5.10 Å². The Labute approximate surface area is 140 Å². The van der Waals surface area contributed by atoms with Crippen molar-refractivity contribution in [1.29, 1.82) is 0 Å². The summed E-state index contributed by atoms with van der Waals surface area (Å²) >= 11 is 7.33. The third kappa shape index (κ3) is 2.40. The standard InChI is InChI=1S/C13H13ClN4O4S/c1-5-4-23-12-7(11(20)18(12)8(5)13(21)22)16-10(19)9-6(14)3-15-17(9)2/h3,7,12H,4H2,1-2H3,(H,16,19)(H,21,22)/t7-,12-/m1/s1. The lowest BCUT2D eigenvalue weighted by molar-refractivity contribution is -0.148. The lowest BCUT2D eigenvalue weighted by atomic mass is 10.0. The van der Waals surface area contributed by atoms with Crippen LogP contribution >= 0.6 is 23.4 Å². The summed E-state index contributed by atoms with van der Waals surface area (Å²) < 4.78 is 1.32. The molecule has 2 atom stereocenters. The second-order valence-electron chi connectivity index (χ2n) is 5.26. The molecule has 0 unspecified atom stereocenters. The highest BCUT2D eigenvalue weighted by molar-refractivity contribution is 8.00. The van der Waals surface area contributed by atoms with Crippen LogP contribution < -0.4 is 5.32 Å². The second kappa shape index (κ2) is 5.57. The minimum atomic E-state index is -1.14. The van der Waals surface area contributed by atoms with Crippen molar-refractivity contribution in [1.82, 2.24) is 20.0 Å². The maximum Gasteiger partial charge on any atom is 0.352 e. The van der Waals surface area contributed by atoms with E-state index < -0.39 is 29.2 Å². The highest BCUT2D eigenvalue weighted by atomic mass is 35.5. The Bertz CT molecular complexity index is 740. The fourth-order valence-corrected chi connectivity index (χ4v) is 4.20. The molecule has 3 rings (SSSR count). The Morgan fingerprint density at radius 3 is 2.78 bits per heavy atom. The number of rotatable bonds is 3. The van der Waals surface area contributed by atoms with Crippen molar-refractivity contribution in [2.75, 3.05) is 5.75 Å². The first-order chi connectivity index (χ1) is 10.8. The first-order valence-corrected chi connectivity index (χ1v) is 8.11. The van der Waals surface area contributed by atoms with Crippen molar-refractivity contribution in [3.8, 4) is 0 Å². The molecule has 3 heterocycles. The summed E-state index contributed by atoms with van der Waals surface area (Å²) in [6.45, 7) is 1.68. The van der Waals surface area contributed by atoms with Crippen LogP contribution in [0.4, 0.5) is 0 Å². The van der Waals surface area contributed by atoms with Crippen molar-refractivity contribution in [3.05, 3.63) is 28.2 Å². The SMILES string of the molecule is CC1=C(C(=O)O)N2C(=O)[C@@H](NC(=O)c3c(Cl)cnn3C)[C@H]2SC1. The molecule has 0 bridgehead atoms. The number of aromatic nitrogens is 2. The van der Waals surface area contributed by atoms with Crippen LogP contribution in [0.3, 0.4) is 0 Å². The number of nitrogens with one attached hydrogen (secondary N) is 1. The summed E-state index contributed by atoms with van der Waals surface area (Å²) in [5.41, 5.74) is 0.790. The summed E-state index contributed by atoms with van der Waals surface area (Å²) in [7, 11) is 1.57. The van der Waals surface area contributed by atoms with E-state index >= 15 is 0 Å². The molecule has 0 saturated carbocycles. The number of carboxylic acids is 1. The summed E-state index contributed by atoms with van der Waals surface area (Å²) in [5, 5.41) is 15.5. The molecule has 1 aromatic rings. The van der Waals surface area contributed by atoms with Crippen molar-refractivity contribution in [2.45, 2.75) is 18.3 Å². The fourth-order valence-electron chi connectivity index (χ4n) is 2.65. The predicted octanol–water partition coefficient (Wildman–Crippen LogP) is 0.446. The van der Waals surface area contributed by atoms with Gasteiger partial charge in [0, 0.05) is 12.8 Å². The molecule has 8 nitrogen and oxygen atoms in total. The topological polar surface area (TPSA) is 105 Å². The molecule has 2 N–H and O–H groups in total. The van der Waals surface area contributed by atoms with E-state index in [4.69, 9.17) is 11.6 Å². The monoisotopic (exact) mass is 356 g/mol. The number of nitrogens with zero attached hydrogens (tertiary/aromatic N) is 3. The molecule has 0 aromatic carbocycles. The number of aliphatic carboxylic acids is 1. The Morgan fingerprint density at radius 2 is 2.22 bits per heavy atom. The summed E-state index contributed by atoms with van der Waals surface area (Å²) in [4.78, 5) is 37.1. The van der Waals surface area contributed by atoms with Crippen LogP contribution in [0.2, 0.25) is 5.02 Å². The van der Waals surface area contributed by atoms with Crippen LogP contribution in [0.1, 0.15) is 17.4 Å². The van der Waals surface area contributed by atoms with E-state index in [9.17, 15) is 19.5 Å². The average molecular weight is 357 g/mol. The molecule has 23 heavy (non-hydrogen) atoms. The van der Waals surface area contributed by atoms with Gasteiger partial charge in [0.15, 0.2) is 0 Å². The molecule has 2 aliphatic heterocycles. The third-order valence-corrected chi connectivity index (χ3v) is 5.46. The number of hydrogen-bond acceptors (Lipinski definition) is 5. The quantitative estimate of drug-likeness (QED) is 0.762. The maximum atomic E-state index is 12.3.